The van der Waals surface area contributed by atoms with Gasteiger partial charge in [-0.15, -0.1) is 0 Å². The van der Waals surface area contributed by atoms with Gasteiger partial charge < -0.3 is 10.0 Å². The molecule has 1 heterocycles. The summed E-state index contributed by atoms with van der Waals surface area (Å²) >= 11 is 0. The lowest BCUT2D eigenvalue weighted by atomic mass is 10.0. The molecule has 6 heteroatoms. The van der Waals surface area contributed by atoms with Crippen LogP contribution in [0.5, 0.6) is 0 Å². The quantitative estimate of drug-likeness (QED) is 0.677. The van der Waals surface area contributed by atoms with Crippen molar-refractivity contribution in [2.75, 3.05) is 18.0 Å². The fourth-order valence-electron chi connectivity index (χ4n) is 3.50. The van der Waals surface area contributed by atoms with Gasteiger partial charge in [0.2, 0.25) is 0 Å². The molecule has 1 aliphatic carbocycles. The largest absolute Gasteiger partial charge is 0.477 e. The smallest absolute Gasteiger partial charge is 0.342 e. The van der Waals surface area contributed by atoms with Gasteiger partial charge in [-0.05, 0) is 36.8 Å². The third-order valence-electron chi connectivity index (χ3n) is 4.50. The molecule has 0 aromatic heterocycles. The van der Waals surface area contributed by atoms with Crippen molar-refractivity contribution < 1.29 is 14.8 Å². The van der Waals surface area contributed by atoms with Gasteiger partial charge in [0.25, 0.3) is 5.69 Å². The van der Waals surface area contributed by atoms with E-state index in [4.69, 9.17) is 5.11 Å². The highest BCUT2D eigenvalue weighted by molar-refractivity contribution is 5.93. The van der Waals surface area contributed by atoms with Crippen LogP contribution in [-0.2, 0) is 0 Å². The molecule has 2 unspecified atom stereocenters. The third kappa shape index (κ3) is 2.11. The number of aromatic carboxylic acids is 1. The molecule has 106 valence electrons. The molecule has 1 saturated heterocycles. The number of fused-ring (bicyclic) bond motifs is 1. The van der Waals surface area contributed by atoms with Gasteiger partial charge in [-0.25, -0.2) is 4.79 Å². The van der Waals surface area contributed by atoms with E-state index in [1.807, 2.05) is 0 Å². The molecule has 0 amide bonds. The van der Waals surface area contributed by atoms with Crippen molar-refractivity contribution in [3.05, 3.63) is 33.9 Å². The Morgan fingerprint density at radius 3 is 2.50 bits per heavy atom. The summed E-state index contributed by atoms with van der Waals surface area (Å²) in [6.07, 6.45) is 3.75. The van der Waals surface area contributed by atoms with E-state index >= 15 is 0 Å². The summed E-state index contributed by atoms with van der Waals surface area (Å²) in [5, 5.41) is 20.0. The van der Waals surface area contributed by atoms with Crippen molar-refractivity contribution in [2.24, 2.45) is 11.8 Å². The van der Waals surface area contributed by atoms with Crippen LogP contribution in [-0.4, -0.2) is 29.1 Å². The number of nitro benzene ring substituents is 1. The molecular weight excluding hydrogens is 260 g/mol. The summed E-state index contributed by atoms with van der Waals surface area (Å²) in [5.74, 6) is 0.134. The Kier molecular flexibility index (Phi) is 3.08. The van der Waals surface area contributed by atoms with E-state index in [1.54, 1.807) is 6.07 Å². The van der Waals surface area contributed by atoms with Crippen LogP contribution in [0.4, 0.5) is 11.4 Å². The van der Waals surface area contributed by atoms with Crippen molar-refractivity contribution in [2.45, 2.75) is 19.3 Å². The Bertz CT molecular complexity index is 560. The topological polar surface area (TPSA) is 83.7 Å². The zero-order valence-corrected chi connectivity index (χ0v) is 11.0. The normalized spacial score (nSPS) is 24.7. The maximum atomic E-state index is 11.2. The number of nitrogens with zero attached hydrogens (tertiary/aromatic N) is 2. The number of rotatable bonds is 3. The summed E-state index contributed by atoms with van der Waals surface area (Å²) in [4.78, 5) is 23.5. The lowest BCUT2D eigenvalue weighted by Crippen LogP contribution is -2.21. The molecule has 1 aromatic rings. The fraction of sp³-hybridized carbons (Fsp3) is 0.500. The minimum absolute atomic E-state index is 0.232. The van der Waals surface area contributed by atoms with E-state index in [1.165, 1.54) is 31.4 Å². The van der Waals surface area contributed by atoms with E-state index in [0.717, 1.165) is 18.8 Å². The molecule has 2 aliphatic rings. The van der Waals surface area contributed by atoms with Gasteiger partial charge in [-0.2, -0.15) is 0 Å². The standard InChI is InChI=1S/C14H16N2O4/c17-14(18)12-6-11(4-5-13(12)16(19)20)15-7-9-2-1-3-10(9)8-15/h4-6,9-10H,1-3,7-8H2,(H,17,18). The van der Waals surface area contributed by atoms with E-state index in [2.05, 4.69) is 4.90 Å². The zero-order chi connectivity index (χ0) is 14.3. The average Bonchev–Trinajstić information content (AvgIpc) is 2.98. The van der Waals surface area contributed by atoms with Gasteiger partial charge >= 0.3 is 5.97 Å². The van der Waals surface area contributed by atoms with Crippen LogP contribution < -0.4 is 4.90 Å². The number of nitro groups is 1. The summed E-state index contributed by atoms with van der Waals surface area (Å²) in [6, 6.07) is 4.39. The molecule has 1 saturated carbocycles. The molecule has 6 nitrogen and oxygen atoms in total. The van der Waals surface area contributed by atoms with Crippen molar-refractivity contribution in [3.8, 4) is 0 Å². The van der Waals surface area contributed by atoms with Crippen LogP contribution in [0.25, 0.3) is 0 Å². The number of hydrogen-bond donors (Lipinski definition) is 1. The zero-order valence-electron chi connectivity index (χ0n) is 11.0. The highest BCUT2D eigenvalue weighted by Crippen LogP contribution is 2.40. The predicted molar refractivity (Wildman–Crippen MR) is 73.1 cm³/mol. The predicted octanol–water partition coefficient (Wildman–Crippen LogP) is 2.53. The van der Waals surface area contributed by atoms with E-state index < -0.39 is 10.9 Å². The Labute approximate surface area is 116 Å². The second-order valence-corrected chi connectivity index (χ2v) is 5.62. The lowest BCUT2D eigenvalue weighted by molar-refractivity contribution is -0.385. The minimum atomic E-state index is -1.25. The van der Waals surface area contributed by atoms with E-state index in [9.17, 15) is 14.9 Å². The van der Waals surface area contributed by atoms with Crippen molar-refractivity contribution >= 4 is 17.3 Å². The first-order valence-electron chi connectivity index (χ1n) is 6.83. The summed E-state index contributed by atoms with van der Waals surface area (Å²) in [6.45, 7) is 1.86. The van der Waals surface area contributed by atoms with Crippen molar-refractivity contribution in [1.82, 2.24) is 0 Å². The molecule has 20 heavy (non-hydrogen) atoms. The number of anilines is 1. The van der Waals surface area contributed by atoms with Crippen molar-refractivity contribution in [1.29, 1.82) is 0 Å². The van der Waals surface area contributed by atoms with E-state index in [0.29, 0.717) is 11.8 Å². The highest BCUT2D eigenvalue weighted by Gasteiger charge is 2.36. The SMILES string of the molecule is O=C(O)c1cc(N2CC3CCCC3C2)ccc1[N+](=O)[O-]. The summed E-state index contributed by atoms with van der Waals surface area (Å²) in [7, 11) is 0. The number of carboxylic acids is 1. The Hall–Kier alpha value is -2.11. The number of benzene rings is 1. The van der Waals surface area contributed by atoms with Crippen LogP contribution >= 0.6 is 0 Å². The molecule has 1 aromatic carbocycles. The molecular formula is C14H16N2O4. The van der Waals surface area contributed by atoms with Gasteiger partial charge in [0.15, 0.2) is 0 Å². The molecule has 0 radical (unpaired) electrons. The fourth-order valence-corrected chi connectivity index (χ4v) is 3.50. The van der Waals surface area contributed by atoms with Crippen LogP contribution in [0.3, 0.4) is 0 Å². The molecule has 3 rings (SSSR count). The van der Waals surface area contributed by atoms with Gasteiger partial charge in [0.05, 0.1) is 4.92 Å². The molecule has 0 bridgehead atoms. The monoisotopic (exact) mass is 276 g/mol. The molecule has 0 spiro atoms. The van der Waals surface area contributed by atoms with Crippen LogP contribution in [0.15, 0.2) is 18.2 Å². The summed E-state index contributed by atoms with van der Waals surface area (Å²) < 4.78 is 0. The Balaban J connectivity index is 1.89. The molecule has 2 fully saturated rings. The first-order chi connectivity index (χ1) is 9.56. The van der Waals surface area contributed by atoms with Crippen LogP contribution in [0.1, 0.15) is 29.6 Å². The number of hydrogen-bond acceptors (Lipinski definition) is 4. The number of carboxylic acid groups (broad SMARTS) is 1. The Morgan fingerprint density at radius 2 is 1.95 bits per heavy atom. The number of carbonyl (C=O) groups is 1. The van der Waals surface area contributed by atoms with Gasteiger partial charge in [-0.3, -0.25) is 10.1 Å². The maximum absolute atomic E-state index is 11.2. The summed E-state index contributed by atoms with van der Waals surface area (Å²) in [5.41, 5.74) is 0.201. The first kappa shape index (κ1) is 12.9. The van der Waals surface area contributed by atoms with Crippen LogP contribution in [0.2, 0.25) is 0 Å². The van der Waals surface area contributed by atoms with Gasteiger partial charge in [0.1, 0.15) is 5.56 Å². The second-order valence-electron chi connectivity index (χ2n) is 5.62. The van der Waals surface area contributed by atoms with Gasteiger partial charge in [-0.1, -0.05) is 6.42 Å². The van der Waals surface area contributed by atoms with Crippen molar-refractivity contribution in [3.63, 3.8) is 0 Å². The molecule has 2 atom stereocenters. The Morgan fingerprint density at radius 1 is 1.30 bits per heavy atom. The minimum Gasteiger partial charge on any atom is -0.477 e. The lowest BCUT2D eigenvalue weighted by Gasteiger charge is -2.19. The highest BCUT2D eigenvalue weighted by atomic mass is 16.6. The molecule has 1 aliphatic heterocycles. The van der Waals surface area contributed by atoms with Crippen LogP contribution in [0, 0.1) is 22.0 Å². The second kappa shape index (κ2) is 4.77. The van der Waals surface area contributed by atoms with Gasteiger partial charge in [0, 0.05) is 24.8 Å². The third-order valence-corrected chi connectivity index (χ3v) is 4.50. The first-order valence-corrected chi connectivity index (χ1v) is 6.83. The maximum Gasteiger partial charge on any atom is 0.342 e. The average molecular weight is 276 g/mol. The molecule has 1 N–H and O–H groups in total. The van der Waals surface area contributed by atoms with E-state index in [-0.39, 0.29) is 11.3 Å².